The standard InChI is InChI=1S/C31H20N5O.C21H15N2.Ir/c1-36-17-16-32-31(36)23-13-15-25-24-14-12-22(18-26(24)37-27(25)19-23)30-34-28(20-8-4-2-5-9-20)33-29(35-30)21-10-6-3-7-11-21;1-3-7-17(8-4-1)18-11-13-19(14-12-18)20-15-22-23(16-20)21-9-5-2-6-10-21;/h2-12,14-19H,1H3;1-9,11-16H;/q2*-1;. The normalized spacial score (nSPS) is 10.9. The van der Waals surface area contributed by atoms with Crippen LogP contribution in [0.3, 0.4) is 0 Å². The third-order valence-corrected chi connectivity index (χ3v) is 10.3. The molecule has 0 aliphatic carbocycles. The van der Waals surface area contributed by atoms with Gasteiger partial charge in [-0.05, 0) is 33.8 Å². The molecule has 11 aromatic rings. The summed E-state index contributed by atoms with van der Waals surface area (Å²) in [6.45, 7) is 0. The third-order valence-electron chi connectivity index (χ3n) is 10.3. The number of nitrogens with zero attached hydrogens (tertiary/aromatic N) is 7. The van der Waals surface area contributed by atoms with Crippen molar-refractivity contribution < 1.29 is 24.5 Å². The molecule has 0 aliphatic rings. The zero-order valence-electron chi connectivity index (χ0n) is 32.8. The topological polar surface area (TPSA) is 87.5 Å². The summed E-state index contributed by atoms with van der Waals surface area (Å²) in [5.41, 5.74) is 10.8. The van der Waals surface area contributed by atoms with Crippen LogP contribution in [0, 0.1) is 12.1 Å². The number of aryl methyl sites for hydroxylation is 1. The predicted octanol–water partition coefficient (Wildman–Crippen LogP) is 12.0. The van der Waals surface area contributed by atoms with Gasteiger partial charge in [0.25, 0.3) is 0 Å². The molecule has 7 aromatic carbocycles. The number of imidazole rings is 1. The quantitative estimate of drug-likeness (QED) is 0.148. The smallest absolute Gasteiger partial charge is 0.164 e. The van der Waals surface area contributed by atoms with Gasteiger partial charge < -0.3 is 8.98 Å². The van der Waals surface area contributed by atoms with Gasteiger partial charge in [0.1, 0.15) is 5.58 Å². The Morgan fingerprint density at radius 3 is 1.69 bits per heavy atom. The van der Waals surface area contributed by atoms with Crippen molar-refractivity contribution in [1.29, 1.82) is 0 Å². The van der Waals surface area contributed by atoms with Crippen LogP contribution < -0.4 is 0 Å². The van der Waals surface area contributed by atoms with Crippen LogP contribution in [0.2, 0.25) is 0 Å². The molecule has 11 rings (SSSR count). The van der Waals surface area contributed by atoms with Crippen LogP contribution in [-0.4, -0.2) is 34.3 Å². The second-order valence-electron chi connectivity index (χ2n) is 14.2. The predicted molar refractivity (Wildman–Crippen MR) is 238 cm³/mol. The van der Waals surface area contributed by atoms with Crippen molar-refractivity contribution in [1.82, 2.24) is 34.3 Å². The minimum absolute atomic E-state index is 0. The summed E-state index contributed by atoms with van der Waals surface area (Å²) in [6.07, 6.45) is 7.61. The molecular weight excluding hydrogens is 931 g/mol. The third kappa shape index (κ3) is 8.21. The average Bonchev–Trinajstić information content (AvgIpc) is 4.09. The van der Waals surface area contributed by atoms with E-state index in [1.165, 1.54) is 11.1 Å². The van der Waals surface area contributed by atoms with Crippen LogP contribution in [-0.2, 0) is 27.2 Å². The van der Waals surface area contributed by atoms with Crippen LogP contribution in [0.25, 0.3) is 95.4 Å². The van der Waals surface area contributed by atoms with Crippen molar-refractivity contribution in [3.05, 3.63) is 207 Å². The maximum atomic E-state index is 6.29. The van der Waals surface area contributed by atoms with Gasteiger partial charge in [-0.2, -0.15) is 29.4 Å². The largest absolute Gasteiger partial charge is 0.476 e. The summed E-state index contributed by atoms with van der Waals surface area (Å²) in [7, 11) is 1.97. The molecule has 0 unspecified atom stereocenters. The van der Waals surface area contributed by atoms with Gasteiger partial charge in [-0.1, -0.05) is 139 Å². The molecular formula is C52H35IrN7O-2. The summed E-state index contributed by atoms with van der Waals surface area (Å²) in [6, 6.07) is 63.3. The van der Waals surface area contributed by atoms with Crippen LogP contribution in [0.15, 0.2) is 199 Å². The molecule has 0 fully saturated rings. The maximum absolute atomic E-state index is 6.29. The summed E-state index contributed by atoms with van der Waals surface area (Å²) >= 11 is 0. The van der Waals surface area contributed by atoms with E-state index in [2.05, 4.69) is 76.8 Å². The van der Waals surface area contributed by atoms with Gasteiger partial charge in [0.2, 0.25) is 0 Å². The number of rotatable bonds is 7. The fourth-order valence-corrected chi connectivity index (χ4v) is 7.16. The summed E-state index contributed by atoms with van der Waals surface area (Å²) in [5, 5.41) is 6.45. The fourth-order valence-electron chi connectivity index (χ4n) is 7.16. The Morgan fingerprint density at radius 1 is 0.525 bits per heavy atom. The molecule has 0 atom stereocenters. The zero-order chi connectivity index (χ0) is 40.3. The van der Waals surface area contributed by atoms with E-state index in [-0.39, 0.29) is 20.1 Å². The Hall–Kier alpha value is -7.58. The van der Waals surface area contributed by atoms with E-state index >= 15 is 0 Å². The van der Waals surface area contributed by atoms with Crippen molar-refractivity contribution in [2.45, 2.75) is 0 Å². The number of hydrogen-bond donors (Lipinski definition) is 0. The molecule has 9 heteroatoms. The Bertz CT molecular complexity index is 3140. The molecule has 0 spiro atoms. The molecule has 0 saturated carbocycles. The molecule has 0 saturated heterocycles. The molecule has 295 valence electrons. The first-order valence-corrected chi connectivity index (χ1v) is 19.5. The minimum Gasteiger partial charge on any atom is -0.476 e. The van der Waals surface area contributed by atoms with Gasteiger partial charge in [0.15, 0.2) is 17.5 Å². The van der Waals surface area contributed by atoms with Crippen LogP contribution >= 0.6 is 0 Å². The van der Waals surface area contributed by atoms with E-state index in [1.54, 1.807) is 6.20 Å². The Balaban J connectivity index is 0.000000171. The number of hydrogen-bond acceptors (Lipinski definition) is 6. The first kappa shape index (κ1) is 38.9. The van der Waals surface area contributed by atoms with Gasteiger partial charge in [-0.3, -0.25) is 9.67 Å². The summed E-state index contributed by atoms with van der Waals surface area (Å²) in [4.78, 5) is 18.9. The van der Waals surface area contributed by atoms with E-state index in [1.807, 2.05) is 150 Å². The van der Waals surface area contributed by atoms with Gasteiger partial charge in [0.05, 0.1) is 17.6 Å². The van der Waals surface area contributed by atoms with E-state index in [0.717, 1.165) is 66.8 Å². The molecule has 0 bridgehead atoms. The van der Waals surface area contributed by atoms with Gasteiger partial charge in [-0.15, -0.1) is 23.8 Å². The molecule has 4 aromatic heterocycles. The molecule has 0 amide bonds. The molecule has 4 heterocycles. The number of aromatic nitrogens is 7. The van der Waals surface area contributed by atoms with Crippen LogP contribution in [0.4, 0.5) is 0 Å². The maximum Gasteiger partial charge on any atom is 0.164 e. The average molecular weight is 966 g/mol. The van der Waals surface area contributed by atoms with E-state index < -0.39 is 0 Å². The summed E-state index contributed by atoms with van der Waals surface area (Å²) in [5.74, 6) is 2.69. The second kappa shape index (κ2) is 17.3. The number of furan rings is 1. The first-order valence-electron chi connectivity index (χ1n) is 19.5. The number of fused-ring (bicyclic) bond motifs is 3. The SMILES string of the molecule is Cn1ccnc1-c1[c-]cc2c(c1)oc1cc(-c3nc(-c4ccccc4)nc(-c4ccccc4)n3)ccc12.[Ir].[c-]1ccccc1-n1cc(-c2ccc(-c3ccccc3)cc2)cn1. The molecule has 0 aliphatic heterocycles. The molecule has 61 heavy (non-hydrogen) atoms. The van der Waals surface area contributed by atoms with E-state index in [0.29, 0.717) is 17.5 Å². The molecule has 1 radical (unpaired) electrons. The van der Waals surface area contributed by atoms with Crippen molar-refractivity contribution >= 4 is 21.9 Å². The van der Waals surface area contributed by atoms with Gasteiger partial charge in [0, 0.05) is 68.0 Å². The Morgan fingerprint density at radius 2 is 1.08 bits per heavy atom. The van der Waals surface area contributed by atoms with Crippen molar-refractivity contribution in [2.24, 2.45) is 7.05 Å². The first-order chi connectivity index (χ1) is 29.6. The molecule has 0 N–H and O–H groups in total. The van der Waals surface area contributed by atoms with E-state index in [4.69, 9.17) is 19.4 Å². The van der Waals surface area contributed by atoms with E-state index in [9.17, 15) is 0 Å². The van der Waals surface area contributed by atoms with Gasteiger partial charge in [-0.25, -0.2) is 15.0 Å². The van der Waals surface area contributed by atoms with Crippen LogP contribution in [0.5, 0.6) is 0 Å². The second-order valence-corrected chi connectivity index (χ2v) is 14.2. The number of para-hydroxylation sites is 1. The Kier molecular flexibility index (Phi) is 11.1. The Labute approximate surface area is 366 Å². The fraction of sp³-hybridized carbons (Fsp3) is 0.0192. The monoisotopic (exact) mass is 966 g/mol. The zero-order valence-corrected chi connectivity index (χ0v) is 35.2. The molecule has 8 nitrogen and oxygen atoms in total. The van der Waals surface area contributed by atoms with Crippen molar-refractivity contribution in [3.63, 3.8) is 0 Å². The number of benzene rings is 7. The summed E-state index contributed by atoms with van der Waals surface area (Å²) < 4.78 is 10.1. The van der Waals surface area contributed by atoms with Crippen molar-refractivity contribution in [3.8, 4) is 73.5 Å². The van der Waals surface area contributed by atoms with Crippen molar-refractivity contribution in [2.75, 3.05) is 0 Å². The van der Waals surface area contributed by atoms with Crippen LogP contribution in [0.1, 0.15) is 0 Å². The van der Waals surface area contributed by atoms with Gasteiger partial charge >= 0.3 is 0 Å². The minimum atomic E-state index is 0.